The molecular weight excluding hydrogens is 432 g/mol. The molecule has 0 fully saturated rings. The first-order chi connectivity index (χ1) is 16.4. The molecule has 174 valence electrons. The summed E-state index contributed by atoms with van der Waals surface area (Å²) < 4.78 is 10.4. The fourth-order valence-corrected chi connectivity index (χ4v) is 3.14. The minimum absolute atomic E-state index is 0.359. The molecule has 0 saturated carbocycles. The third-order valence-electron chi connectivity index (χ3n) is 5.07. The Morgan fingerprint density at radius 3 is 1.32 bits per heavy atom. The first kappa shape index (κ1) is 24.2. The Hall–Kier alpha value is -4.46. The van der Waals surface area contributed by atoms with Crippen LogP contribution in [-0.2, 0) is 0 Å². The number of hydrazone groups is 2. The topological polar surface area (TPSA) is 101 Å². The van der Waals surface area contributed by atoms with Gasteiger partial charge in [0.25, 0.3) is 11.8 Å². The summed E-state index contributed by atoms with van der Waals surface area (Å²) in [5.41, 5.74) is 8.84. The third-order valence-corrected chi connectivity index (χ3v) is 5.07. The largest absolute Gasteiger partial charge is 0.496 e. The van der Waals surface area contributed by atoms with Gasteiger partial charge in [0.2, 0.25) is 0 Å². The fourth-order valence-electron chi connectivity index (χ4n) is 3.14. The van der Waals surface area contributed by atoms with Gasteiger partial charge in [-0.2, -0.15) is 10.2 Å². The molecule has 0 aliphatic carbocycles. The second-order valence-electron chi connectivity index (χ2n) is 7.25. The Morgan fingerprint density at radius 1 is 0.618 bits per heavy atom. The van der Waals surface area contributed by atoms with Crippen molar-refractivity contribution in [2.24, 2.45) is 10.2 Å². The molecule has 0 saturated heterocycles. The van der Waals surface area contributed by atoms with Gasteiger partial charge in [-0.1, -0.05) is 48.5 Å². The van der Waals surface area contributed by atoms with Crippen LogP contribution in [-0.4, -0.2) is 37.5 Å². The molecule has 34 heavy (non-hydrogen) atoms. The lowest BCUT2D eigenvalue weighted by Crippen LogP contribution is -2.20. The van der Waals surface area contributed by atoms with Gasteiger partial charge in [0.15, 0.2) is 0 Å². The van der Waals surface area contributed by atoms with Crippen LogP contribution >= 0.6 is 0 Å². The Labute approximate surface area is 198 Å². The van der Waals surface area contributed by atoms with Crippen molar-refractivity contribution in [3.05, 3.63) is 95.1 Å². The number of nitrogens with one attached hydrogen (secondary N) is 2. The van der Waals surface area contributed by atoms with Crippen LogP contribution in [0.3, 0.4) is 0 Å². The van der Waals surface area contributed by atoms with E-state index in [1.165, 1.54) is 14.2 Å². The van der Waals surface area contributed by atoms with Crippen molar-refractivity contribution in [2.45, 2.75) is 13.8 Å². The van der Waals surface area contributed by atoms with Gasteiger partial charge in [0, 0.05) is 0 Å². The van der Waals surface area contributed by atoms with Crippen molar-refractivity contribution in [3.63, 3.8) is 0 Å². The summed E-state index contributed by atoms with van der Waals surface area (Å²) in [5, 5.41) is 8.39. The fraction of sp³-hybridized carbons (Fsp3) is 0.154. The normalized spacial score (nSPS) is 11.5. The first-order valence-electron chi connectivity index (χ1n) is 10.5. The van der Waals surface area contributed by atoms with Crippen molar-refractivity contribution in [1.29, 1.82) is 0 Å². The van der Waals surface area contributed by atoms with E-state index in [1.807, 2.05) is 24.3 Å². The molecule has 3 aromatic carbocycles. The third kappa shape index (κ3) is 5.86. The number of carbonyl (C=O) groups is 2. The van der Waals surface area contributed by atoms with Crippen LogP contribution < -0.4 is 20.3 Å². The van der Waals surface area contributed by atoms with Crippen LogP contribution in [0.1, 0.15) is 45.7 Å². The average Bonchev–Trinajstić information content (AvgIpc) is 2.89. The number of para-hydroxylation sites is 2. The first-order valence-corrected chi connectivity index (χ1v) is 10.5. The Morgan fingerprint density at radius 2 is 0.971 bits per heavy atom. The zero-order chi connectivity index (χ0) is 24.5. The van der Waals surface area contributed by atoms with Crippen LogP contribution in [0.25, 0.3) is 0 Å². The number of carbonyl (C=O) groups excluding carboxylic acids is 2. The Kier molecular flexibility index (Phi) is 8.12. The summed E-state index contributed by atoms with van der Waals surface area (Å²) in [4.78, 5) is 24.8. The molecule has 0 atom stereocenters. The molecule has 0 aliphatic rings. The molecule has 8 nitrogen and oxygen atoms in total. The van der Waals surface area contributed by atoms with Crippen molar-refractivity contribution in [2.75, 3.05) is 14.2 Å². The number of ether oxygens (including phenoxy) is 2. The van der Waals surface area contributed by atoms with E-state index in [0.29, 0.717) is 34.0 Å². The average molecular weight is 459 g/mol. The highest BCUT2D eigenvalue weighted by atomic mass is 16.5. The molecule has 0 heterocycles. The molecule has 8 heteroatoms. The maximum absolute atomic E-state index is 12.4. The second-order valence-corrected chi connectivity index (χ2v) is 7.25. The smallest absolute Gasteiger partial charge is 0.275 e. The molecule has 0 aliphatic heterocycles. The maximum atomic E-state index is 12.4. The molecule has 2 N–H and O–H groups in total. The number of nitrogens with zero attached hydrogens (tertiary/aromatic N) is 2. The summed E-state index contributed by atoms with van der Waals surface area (Å²) in [6, 6.07) is 21.3. The molecule has 0 bridgehead atoms. The van der Waals surface area contributed by atoms with Crippen LogP contribution in [0.4, 0.5) is 0 Å². The van der Waals surface area contributed by atoms with Crippen LogP contribution in [0.15, 0.2) is 83.0 Å². The molecular formula is C26H26N4O4. The highest BCUT2D eigenvalue weighted by Crippen LogP contribution is 2.18. The van der Waals surface area contributed by atoms with E-state index in [2.05, 4.69) is 21.1 Å². The molecule has 0 unspecified atom stereocenters. The summed E-state index contributed by atoms with van der Waals surface area (Å²) >= 11 is 0. The van der Waals surface area contributed by atoms with Crippen LogP contribution in [0, 0.1) is 0 Å². The summed E-state index contributed by atoms with van der Waals surface area (Å²) in [7, 11) is 3.02. The Balaban J connectivity index is 1.65. The SMILES string of the molecule is COc1ccccc1C(=O)NN=C(C)c1ccc(C(C)=NNC(=O)c2ccccc2OC)cc1. The number of hydrogen-bond acceptors (Lipinski definition) is 6. The molecule has 0 aromatic heterocycles. The minimum Gasteiger partial charge on any atom is -0.496 e. The van der Waals surface area contributed by atoms with Gasteiger partial charge in [-0.05, 0) is 49.2 Å². The molecule has 3 rings (SSSR count). The van der Waals surface area contributed by atoms with Gasteiger partial charge in [0.1, 0.15) is 11.5 Å². The molecule has 0 radical (unpaired) electrons. The van der Waals surface area contributed by atoms with E-state index >= 15 is 0 Å². The van der Waals surface area contributed by atoms with E-state index < -0.39 is 0 Å². The van der Waals surface area contributed by atoms with Crippen molar-refractivity contribution in [3.8, 4) is 11.5 Å². The van der Waals surface area contributed by atoms with Gasteiger partial charge < -0.3 is 9.47 Å². The number of amides is 2. The predicted octanol–water partition coefficient (Wildman–Crippen LogP) is 4.01. The lowest BCUT2D eigenvalue weighted by Gasteiger charge is -2.08. The molecule has 2 amide bonds. The van der Waals surface area contributed by atoms with E-state index in [1.54, 1.807) is 62.4 Å². The van der Waals surface area contributed by atoms with Crippen molar-refractivity contribution >= 4 is 23.2 Å². The van der Waals surface area contributed by atoms with Crippen molar-refractivity contribution < 1.29 is 19.1 Å². The molecule has 0 spiro atoms. The number of hydrogen-bond donors (Lipinski definition) is 2. The van der Waals surface area contributed by atoms with Gasteiger partial charge in [0.05, 0.1) is 36.8 Å². The summed E-state index contributed by atoms with van der Waals surface area (Å²) in [5.74, 6) is 0.235. The highest BCUT2D eigenvalue weighted by molar-refractivity contribution is 6.04. The van der Waals surface area contributed by atoms with Gasteiger partial charge in [-0.3, -0.25) is 9.59 Å². The van der Waals surface area contributed by atoms with Gasteiger partial charge in [-0.15, -0.1) is 0 Å². The lowest BCUT2D eigenvalue weighted by molar-refractivity contribution is 0.0943. The van der Waals surface area contributed by atoms with E-state index in [4.69, 9.17) is 9.47 Å². The quantitative estimate of drug-likeness (QED) is 0.393. The predicted molar refractivity (Wildman–Crippen MR) is 132 cm³/mol. The maximum Gasteiger partial charge on any atom is 0.275 e. The highest BCUT2D eigenvalue weighted by Gasteiger charge is 2.12. The second kappa shape index (κ2) is 11.4. The number of methoxy groups -OCH3 is 2. The number of benzene rings is 3. The van der Waals surface area contributed by atoms with Crippen LogP contribution in [0.5, 0.6) is 11.5 Å². The zero-order valence-electron chi connectivity index (χ0n) is 19.5. The number of rotatable bonds is 8. The van der Waals surface area contributed by atoms with Crippen molar-refractivity contribution in [1.82, 2.24) is 10.9 Å². The Bertz CT molecular complexity index is 1140. The van der Waals surface area contributed by atoms with Gasteiger partial charge in [-0.25, -0.2) is 10.9 Å². The van der Waals surface area contributed by atoms with E-state index in [0.717, 1.165) is 11.1 Å². The zero-order valence-corrected chi connectivity index (χ0v) is 19.5. The minimum atomic E-state index is -0.359. The summed E-state index contributed by atoms with van der Waals surface area (Å²) in [6.45, 7) is 3.60. The standard InChI is InChI=1S/C26H26N4O4/c1-17(27-29-25(31)21-9-5-7-11-23(21)33-3)19-13-15-20(16-14-19)18(2)28-30-26(32)22-10-6-8-12-24(22)34-4/h5-16H,1-4H3,(H,29,31)(H,30,32). The van der Waals surface area contributed by atoms with Gasteiger partial charge >= 0.3 is 0 Å². The lowest BCUT2D eigenvalue weighted by atomic mass is 10.1. The monoisotopic (exact) mass is 458 g/mol. The summed E-state index contributed by atoms with van der Waals surface area (Å²) in [6.07, 6.45) is 0. The van der Waals surface area contributed by atoms with Crippen LogP contribution in [0.2, 0.25) is 0 Å². The molecule has 3 aromatic rings. The van der Waals surface area contributed by atoms with E-state index in [-0.39, 0.29) is 11.8 Å². The van der Waals surface area contributed by atoms with E-state index in [9.17, 15) is 9.59 Å².